The minimum atomic E-state index is -0.486. The Morgan fingerprint density at radius 2 is 2.04 bits per heavy atom. The molecule has 1 fully saturated rings. The van der Waals surface area contributed by atoms with Gasteiger partial charge in [0.05, 0.1) is 31.0 Å². The van der Waals surface area contributed by atoms with E-state index in [4.69, 9.17) is 10.5 Å². The number of carbonyl (C=O) groups excluding carboxylic acids is 1. The molecule has 1 saturated heterocycles. The zero-order valence-corrected chi connectivity index (χ0v) is 16.7. The Labute approximate surface area is 156 Å². The van der Waals surface area contributed by atoms with Gasteiger partial charge >= 0.3 is 0 Å². The molecule has 1 unspecified atom stereocenters. The van der Waals surface area contributed by atoms with E-state index in [2.05, 4.69) is 5.10 Å². The Balaban J connectivity index is 0.00000264. The lowest BCUT2D eigenvalue weighted by molar-refractivity contribution is -0.143. The van der Waals surface area contributed by atoms with Crippen LogP contribution in [0, 0.1) is 19.3 Å². The topological polar surface area (TPSA) is 73.4 Å². The number of carbonyl (C=O) groups is 1. The van der Waals surface area contributed by atoms with E-state index in [1.54, 1.807) is 0 Å². The number of rotatable bonds is 3. The van der Waals surface area contributed by atoms with E-state index < -0.39 is 6.04 Å². The number of aryl methyl sites for hydroxylation is 2. The molecule has 0 saturated carbocycles. The Kier molecular flexibility index (Phi) is 8.73. The lowest BCUT2D eigenvalue weighted by atomic mass is 9.86. The first-order valence-electron chi connectivity index (χ1n) is 7.85. The molecule has 1 aromatic heterocycles. The lowest BCUT2D eigenvalue weighted by Gasteiger charge is -2.37. The van der Waals surface area contributed by atoms with Gasteiger partial charge in [0.15, 0.2) is 0 Å². The first-order valence-corrected chi connectivity index (χ1v) is 7.85. The predicted octanol–water partition coefficient (Wildman–Crippen LogP) is 1.94. The highest BCUT2D eigenvalue weighted by atomic mass is 35.5. The molecular formula is C16H30Cl2N4O2. The van der Waals surface area contributed by atoms with Crippen molar-refractivity contribution in [2.45, 2.75) is 53.3 Å². The van der Waals surface area contributed by atoms with Crippen LogP contribution in [-0.2, 0) is 16.1 Å². The number of ether oxygens (including phenoxy) is 1. The van der Waals surface area contributed by atoms with Crippen LogP contribution in [0.2, 0.25) is 0 Å². The summed E-state index contributed by atoms with van der Waals surface area (Å²) in [5, 5.41) is 4.46. The van der Waals surface area contributed by atoms with Crippen molar-refractivity contribution in [3.8, 4) is 0 Å². The molecule has 24 heavy (non-hydrogen) atoms. The Bertz CT molecular complexity index is 543. The summed E-state index contributed by atoms with van der Waals surface area (Å²) in [4.78, 5) is 14.4. The third kappa shape index (κ3) is 5.62. The smallest absolute Gasteiger partial charge is 0.240 e. The van der Waals surface area contributed by atoms with Gasteiger partial charge < -0.3 is 15.4 Å². The van der Waals surface area contributed by atoms with Crippen molar-refractivity contribution in [3.63, 3.8) is 0 Å². The van der Waals surface area contributed by atoms with Gasteiger partial charge in [-0.05, 0) is 25.3 Å². The number of hydrogen-bond donors (Lipinski definition) is 1. The first-order chi connectivity index (χ1) is 10.2. The number of morpholine rings is 1. The molecule has 0 aromatic carbocycles. The van der Waals surface area contributed by atoms with Crippen LogP contribution in [0.4, 0.5) is 0 Å². The zero-order chi connectivity index (χ0) is 16.5. The predicted molar refractivity (Wildman–Crippen MR) is 99.9 cm³/mol. The zero-order valence-electron chi connectivity index (χ0n) is 15.1. The van der Waals surface area contributed by atoms with Crippen LogP contribution in [-0.4, -0.2) is 52.4 Å². The number of hydrogen-bond acceptors (Lipinski definition) is 4. The van der Waals surface area contributed by atoms with Gasteiger partial charge in [0, 0.05) is 18.8 Å². The molecule has 2 N–H and O–H groups in total. The van der Waals surface area contributed by atoms with E-state index in [0.717, 1.165) is 11.4 Å². The molecule has 0 aliphatic carbocycles. The summed E-state index contributed by atoms with van der Waals surface area (Å²) >= 11 is 0. The van der Waals surface area contributed by atoms with Crippen LogP contribution < -0.4 is 5.73 Å². The summed E-state index contributed by atoms with van der Waals surface area (Å²) in [5.74, 6) is 0.00849. The number of aromatic nitrogens is 2. The monoisotopic (exact) mass is 380 g/mol. The Morgan fingerprint density at radius 1 is 1.42 bits per heavy atom. The number of amides is 1. The van der Waals surface area contributed by atoms with Gasteiger partial charge in [-0.2, -0.15) is 5.10 Å². The van der Waals surface area contributed by atoms with Crippen molar-refractivity contribution < 1.29 is 9.53 Å². The second-order valence-corrected chi connectivity index (χ2v) is 7.23. The fourth-order valence-electron chi connectivity index (χ4n) is 2.65. The maximum atomic E-state index is 12.5. The fraction of sp³-hybridized carbons (Fsp3) is 0.750. The molecule has 0 bridgehead atoms. The van der Waals surface area contributed by atoms with Gasteiger partial charge in [-0.3, -0.25) is 9.48 Å². The molecule has 2 atom stereocenters. The molecule has 1 aromatic rings. The molecule has 1 aliphatic rings. The first kappa shape index (κ1) is 23.2. The second kappa shape index (κ2) is 9.04. The van der Waals surface area contributed by atoms with Crippen molar-refractivity contribution in [3.05, 3.63) is 17.5 Å². The van der Waals surface area contributed by atoms with Gasteiger partial charge in [-0.1, -0.05) is 20.8 Å². The number of nitrogens with zero attached hydrogens (tertiary/aromatic N) is 3. The van der Waals surface area contributed by atoms with Crippen molar-refractivity contribution >= 4 is 30.7 Å². The van der Waals surface area contributed by atoms with E-state index in [1.807, 2.05) is 50.3 Å². The maximum absolute atomic E-state index is 12.5. The molecule has 8 heteroatoms. The van der Waals surface area contributed by atoms with Crippen LogP contribution in [0.1, 0.15) is 32.2 Å². The largest absolute Gasteiger partial charge is 0.373 e. The molecule has 1 amide bonds. The number of nitrogens with two attached hydrogens (primary N) is 1. The summed E-state index contributed by atoms with van der Waals surface area (Å²) in [6.45, 7) is 12.4. The minimum Gasteiger partial charge on any atom is -0.373 e. The van der Waals surface area contributed by atoms with Crippen molar-refractivity contribution in [2.75, 3.05) is 19.7 Å². The van der Waals surface area contributed by atoms with Crippen molar-refractivity contribution in [1.82, 2.24) is 14.7 Å². The molecule has 0 spiro atoms. The van der Waals surface area contributed by atoms with E-state index in [1.165, 1.54) is 0 Å². The molecule has 1 aliphatic heterocycles. The van der Waals surface area contributed by atoms with Gasteiger partial charge in [0.2, 0.25) is 5.91 Å². The van der Waals surface area contributed by atoms with Gasteiger partial charge in [0.25, 0.3) is 0 Å². The van der Waals surface area contributed by atoms with Gasteiger partial charge in [-0.25, -0.2) is 0 Å². The van der Waals surface area contributed by atoms with Gasteiger partial charge in [-0.15, -0.1) is 24.8 Å². The average Bonchev–Trinajstić information content (AvgIpc) is 2.74. The summed E-state index contributed by atoms with van der Waals surface area (Å²) < 4.78 is 7.74. The molecular weight excluding hydrogens is 351 g/mol. The number of halogens is 2. The summed E-state index contributed by atoms with van der Waals surface area (Å²) in [5.41, 5.74) is 7.97. The summed E-state index contributed by atoms with van der Waals surface area (Å²) in [6, 6.07) is 1.56. The molecule has 0 radical (unpaired) electrons. The van der Waals surface area contributed by atoms with E-state index in [9.17, 15) is 4.79 Å². The standard InChI is InChI=1S/C16H28N4O2.2ClH/c1-11-8-12(2)20(18-11)10-13-9-19(6-7-22-13)15(21)14(17)16(3,4)5;;/h8,13-14H,6-7,9-10,17H2,1-5H3;2*1H/t13?,14-;;/m1../s1. The van der Waals surface area contributed by atoms with Crippen LogP contribution in [0.5, 0.6) is 0 Å². The summed E-state index contributed by atoms with van der Waals surface area (Å²) in [6.07, 6.45) is -0.0390. The molecule has 2 heterocycles. The van der Waals surface area contributed by atoms with Crippen LogP contribution >= 0.6 is 24.8 Å². The van der Waals surface area contributed by atoms with Crippen LogP contribution in [0.15, 0.2) is 6.07 Å². The highest BCUT2D eigenvalue weighted by Crippen LogP contribution is 2.20. The average molecular weight is 381 g/mol. The molecule has 2 rings (SSSR count). The minimum absolute atomic E-state index is 0. The van der Waals surface area contributed by atoms with Crippen molar-refractivity contribution in [2.24, 2.45) is 11.1 Å². The fourth-order valence-corrected chi connectivity index (χ4v) is 2.65. The van der Waals surface area contributed by atoms with E-state index in [0.29, 0.717) is 26.2 Å². The third-order valence-corrected chi connectivity index (χ3v) is 4.13. The normalized spacial score (nSPS) is 19.2. The van der Waals surface area contributed by atoms with Gasteiger partial charge in [0.1, 0.15) is 0 Å². The van der Waals surface area contributed by atoms with E-state index >= 15 is 0 Å². The summed E-state index contributed by atoms with van der Waals surface area (Å²) in [7, 11) is 0. The third-order valence-electron chi connectivity index (χ3n) is 4.13. The highest BCUT2D eigenvalue weighted by molar-refractivity contribution is 5.85. The molecule has 140 valence electrons. The van der Waals surface area contributed by atoms with E-state index in [-0.39, 0.29) is 42.2 Å². The van der Waals surface area contributed by atoms with Crippen LogP contribution in [0.3, 0.4) is 0 Å². The molecule has 6 nitrogen and oxygen atoms in total. The Hall–Kier alpha value is -0.820. The second-order valence-electron chi connectivity index (χ2n) is 7.23. The SMILES string of the molecule is Cc1cc(C)n(CC2CN(C(=O)[C@@H](N)C(C)(C)C)CCO2)n1.Cl.Cl. The van der Waals surface area contributed by atoms with Crippen LogP contribution in [0.25, 0.3) is 0 Å². The maximum Gasteiger partial charge on any atom is 0.240 e. The highest BCUT2D eigenvalue weighted by Gasteiger charge is 2.33. The van der Waals surface area contributed by atoms with Crippen molar-refractivity contribution in [1.29, 1.82) is 0 Å². The lowest BCUT2D eigenvalue weighted by Crippen LogP contribution is -2.55. The Morgan fingerprint density at radius 3 is 2.54 bits per heavy atom. The quantitative estimate of drug-likeness (QED) is 0.869.